The van der Waals surface area contributed by atoms with Crippen LogP contribution in [0.2, 0.25) is 0 Å². The first-order valence-corrected chi connectivity index (χ1v) is 7.52. The van der Waals surface area contributed by atoms with Crippen LogP contribution in [-0.4, -0.2) is 16.1 Å². The van der Waals surface area contributed by atoms with Gasteiger partial charge in [-0.05, 0) is 11.6 Å². The molecule has 3 rings (SSSR count). The summed E-state index contributed by atoms with van der Waals surface area (Å²) in [6, 6.07) is 17.6. The molecule has 104 valence electrons. The van der Waals surface area contributed by atoms with Crippen molar-refractivity contribution in [2.24, 2.45) is 0 Å². The highest BCUT2D eigenvalue weighted by atomic mass is 32.2. The Labute approximate surface area is 126 Å². The van der Waals surface area contributed by atoms with Crippen LogP contribution in [0.4, 0.5) is 0 Å². The molecule has 0 atom stereocenters. The zero-order valence-electron chi connectivity index (χ0n) is 11.2. The van der Waals surface area contributed by atoms with E-state index in [0.717, 1.165) is 21.6 Å². The van der Waals surface area contributed by atoms with Crippen LogP contribution in [-0.2, 0) is 5.75 Å². The molecule has 2 aromatic carbocycles. The molecular formula is C17H13NO2S. The highest BCUT2D eigenvalue weighted by molar-refractivity contribution is 7.98. The van der Waals surface area contributed by atoms with Crippen molar-refractivity contribution < 1.29 is 9.90 Å². The van der Waals surface area contributed by atoms with Crippen molar-refractivity contribution in [2.75, 3.05) is 0 Å². The van der Waals surface area contributed by atoms with Crippen LogP contribution in [0.15, 0.2) is 65.7 Å². The van der Waals surface area contributed by atoms with Crippen LogP contribution in [0, 0.1) is 0 Å². The molecule has 1 N–H and O–H groups in total. The molecule has 0 spiro atoms. The quantitative estimate of drug-likeness (QED) is 0.732. The van der Waals surface area contributed by atoms with Gasteiger partial charge in [-0.15, -0.1) is 11.8 Å². The van der Waals surface area contributed by atoms with Crippen molar-refractivity contribution in [1.82, 2.24) is 4.98 Å². The molecule has 0 aliphatic rings. The third-order valence-electron chi connectivity index (χ3n) is 3.18. The molecule has 21 heavy (non-hydrogen) atoms. The summed E-state index contributed by atoms with van der Waals surface area (Å²) >= 11 is 1.54. The van der Waals surface area contributed by atoms with Gasteiger partial charge < -0.3 is 5.11 Å². The summed E-state index contributed by atoms with van der Waals surface area (Å²) < 4.78 is 0. The molecule has 4 heteroatoms. The second-order valence-corrected chi connectivity index (χ2v) is 5.58. The van der Waals surface area contributed by atoms with E-state index >= 15 is 0 Å². The Bertz CT molecular complexity index is 787. The number of carboxylic acids is 1. The van der Waals surface area contributed by atoms with E-state index in [9.17, 15) is 9.90 Å². The fourth-order valence-electron chi connectivity index (χ4n) is 2.15. The summed E-state index contributed by atoms with van der Waals surface area (Å²) in [5.74, 6) is -0.210. The van der Waals surface area contributed by atoms with E-state index in [0.29, 0.717) is 0 Å². The van der Waals surface area contributed by atoms with Gasteiger partial charge in [-0.1, -0.05) is 48.5 Å². The molecule has 0 unspecified atom stereocenters. The fourth-order valence-corrected chi connectivity index (χ4v) is 3.28. The van der Waals surface area contributed by atoms with Crippen molar-refractivity contribution in [1.29, 1.82) is 0 Å². The summed E-state index contributed by atoms with van der Waals surface area (Å²) in [5, 5.41) is 10.3. The smallest absolute Gasteiger partial charge is 0.338 e. The maximum atomic E-state index is 11.4. The van der Waals surface area contributed by atoms with Crippen molar-refractivity contribution >= 4 is 28.6 Å². The molecule has 0 radical (unpaired) electrons. The number of rotatable bonds is 4. The van der Waals surface area contributed by atoms with Crippen LogP contribution in [0.3, 0.4) is 0 Å². The van der Waals surface area contributed by atoms with Gasteiger partial charge in [0.25, 0.3) is 0 Å². The SMILES string of the molecule is O=C(O)c1cnc2ccccc2c1SCc1ccccc1. The van der Waals surface area contributed by atoms with Crippen LogP contribution >= 0.6 is 11.8 Å². The van der Waals surface area contributed by atoms with E-state index in [4.69, 9.17) is 0 Å². The molecule has 3 aromatic rings. The maximum Gasteiger partial charge on any atom is 0.338 e. The molecule has 0 saturated carbocycles. The van der Waals surface area contributed by atoms with Gasteiger partial charge in [0.2, 0.25) is 0 Å². The second-order valence-electron chi connectivity index (χ2n) is 4.60. The molecule has 3 nitrogen and oxygen atoms in total. The average molecular weight is 295 g/mol. The minimum Gasteiger partial charge on any atom is -0.478 e. The second kappa shape index (κ2) is 5.97. The largest absolute Gasteiger partial charge is 0.478 e. The molecule has 0 bridgehead atoms. The lowest BCUT2D eigenvalue weighted by molar-refractivity contribution is 0.0693. The van der Waals surface area contributed by atoms with Gasteiger partial charge >= 0.3 is 5.97 Å². The molecule has 0 aliphatic heterocycles. The minimum atomic E-state index is -0.941. The Morgan fingerprint density at radius 3 is 2.52 bits per heavy atom. The summed E-state index contributed by atoms with van der Waals surface area (Å²) in [6.45, 7) is 0. The molecule has 0 saturated heterocycles. The average Bonchev–Trinajstić information content (AvgIpc) is 2.53. The number of benzene rings is 2. The number of carboxylic acid groups (broad SMARTS) is 1. The first-order chi connectivity index (χ1) is 10.3. The zero-order valence-corrected chi connectivity index (χ0v) is 12.0. The molecule has 0 fully saturated rings. The zero-order chi connectivity index (χ0) is 14.7. The van der Waals surface area contributed by atoms with E-state index < -0.39 is 5.97 Å². The summed E-state index contributed by atoms with van der Waals surface area (Å²) in [6.07, 6.45) is 1.44. The van der Waals surface area contributed by atoms with Crippen molar-refractivity contribution in [3.8, 4) is 0 Å². The van der Waals surface area contributed by atoms with Crippen LogP contribution < -0.4 is 0 Å². The minimum absolute atomic E-state index is 0.259. The van der Waals surface area contributed by atoms with Gasteiger partial charge in [0.05, 0.1) is 11.1 Å². The van der Waals surface area contributed by atoms with Crippen molar-refractivity contribution in [3.05, 3.63) is 71.9 Å². The first kappa shape index (κ1) is 13.6. The Balaban J connectivity index is 2.02. The van der Waals surface area contributed by atoms with Gasteiger partial charge in [0, 0.05) is 22.2 Å². The van der Waals surface area contributed by atoms with E-state index in [2.05, 4.69) is 4.98 Å². The lowest BCUT2D eigenvalue weighted by atomic mass is 10.1. The van der Waals surface area contributed by atoms with Crippen LogP contribution in [0.25, 0.3) is 10.9 Å². The molecule has 0 aliphatic carbocycles. The fraction of sp³-hybridized carbons (Fsp3) is 0.0588. The Hall–Kier alpha value is -2.33. The number of hydrogen-bond acceptors (Lipinski definition) is 3. The topological polar surface area (TPSA) is 50.2 Å². The summed E-state index contributed by atoms with van der Waals surface area (Å²) in [5.41, 5.74) is 2.24. The number of fused-ring (bicyclic) bond motifs is 1. The normalized spacial score (nSPS) is 10.7. The molecule has 0 amide bonds. The van der Waals surface area contributed by atoms with Gasteiger partial charge in [0.1, 0.15) is 0 Å². The van der Waals surface area contributed by atoms with Gasteiger partial charge in [0.15, 0.2) is 0 Å². The summed E-state index contributed by atoms with van der Waals surface area (Å²) in [4.78, 5) is 16.4. The van der Waals surface area contributed by atoms with Gasteiger partial charge in [-0.2, -0.15) is 0 Å². The standard InChI is InChI=1S/C17H13NO2S/c19-17(20)14-10-18-15-9-5-4-8-13(15)16(14)21-11-12-6-2-1-3-7-12/h1-10H,11H2,(H,19,20). The number of thioether (sulfide) groups is 1. The van der Waals surface area contributed by atoms with Crippen molar-refractivity contribution in [3.63, 3.8) is 0 Å². The lowest BCUT2D eigenvalue weighted by Gasteiger charge is -2.09. The number of hydrogen-bond donors (Lipinski definition) is 1. The number of aromatic nitrogens is 1. The van der Waals surface area contributed by atoms with Gasteiger partial charge in [-0.3, -0.25) is 4.98 Å². The number of carbonyl (C=O) groups is 1. The number of nitrogens with zero attached hydrogens (tertiary/aromatic N) is 1. The van der Waals surface area contributed by atoms with Crippen LogP contribution in [0.1, 0.15) is 15.9 Å². The highest BCUT2D eigenvalue weighted by Crippen LogP contribution is 2.32. The Morgan fingerprint density at radius 2 is 1.76 bits per heavy atom. The Kier molecular flexibility index (Phi) is 3.88. The van der Waals surface area contributed by atoms with E-state index in [1.54, 1.807) is 0 Å². The van der Waals surface area contributed by atoms with Crippen molar-refractivity contribution in [2.45, 2.75) is 10.6 Å². The van der Waals surface area contributed by atoms with Crippen LogP contribution in [0.5, 0.6) is 0 Å². The first-order valence-electron chi connectivity index (χ1n) is 6.53. The monoisotopic (exact) mass is 295 g/mol. The molecular weight excluding hydrogens is 282 g/mol. The molecule has 1 heterocycles. The number of aromatic carboxylic acids is 1. The van der Waals surface area contributed by atoms with E-state index in [1.807, 2.05) is 54.6 Å². The number of para-hydroxylation sites is 1. The van der Waals surface area contributed by atoms with E-state index in [1.165, 1.54) is 23.5 Å². The third kappa shape index (κ3) is 2.90. The predicted octanol–water partition coefficient (Wildman–Crippen LogP) is 4.23. The maximum absolute atomic E-state index is 11.4. The molecule has 1 aromatic heterocycles. The number of pyridine rings is 1. The Morgan fingerprint density at radius 1 is 1.05 bits per heavy atom. The highest BCUT2D eigenvalue weighted by Gasteiger charge is 2.14. The predicted molar refractivity (Wildman–Crippen MR) is 84.7 cm³/mol. The lowest BCUT2D eigenvalue weighted by Crippen LogP contribution is -2.01. The van der Waals surface area contributed by atoms with E-state index in [-0.39, 0.29) is 5.56 Å². The summed E-state index contributed by atoms with van der Waals surface area (Å²) in [7, 11) is 0. The van der Waals surface area contributed by atoms with Gasteiger partial charge in [-0.25, -0.2) is 4.79 Å². The third-order valence-corrected chi connectivity index (χ3v) is 4.39.